The lowest BCUT2D eigenvalue weighted by molar-refractivity contribution is -0.384. The lowest BCUT2D eigenvalue weighted by Gasteiger charge is -2.28. The molecule has 2 atom stereocenters. The number of ether oxygens (including phenoxy) is 1. The van der Waals surface area contributed by atoms with Crippen molar-refractivity contribution >= 4 is 5.69 Å². The van der Waals surface area contributed by atoms with Gasteiger partial charge < -0.3 is 4.74 Å². The van der Waals surface area contributed by atoms with Crippen LogP contribution in [0.3, 0.4) is 0 Å². The molecule has 1 heterocycles. The van der Waals surface area contributed by atoms with Crippen LogP contribution in [0.2, 0.25) is 0 Å². The number of hydrogen-bond donors (Lipinski definition) is 0. The molecule has 2 rings (SSSR count). The summed E-state index contributed by atoms with van der Waals surface area (Å²) in [6, 6.07) is 7.26. The van der Waals surface area contributed by atoms with Crippen LogP contribution in [0.4, 0.5) is 5.69 Å². The molecule has 0 unspecified atom stereocenters. The molecule has 104 valence electrons. The fourth-order valence-electron chi connectivity index (χ4n) is 2.69. The molecular weight excluding hydrogens is 244 g/mol. The molecule has 1 fully saturated rings. The van der Waals surface area contributed by atoms with E-state index in [-0.39, 0.29) is 16.7 Å². The minimum Gasteiger partial charge on any atom is -0.380 e. The van der Waals surface area contributed by atoms with E-state index in [1.54, 1.807) is 19.2 Å². The Morgan fingerprint density at radius 3 is 2.74 bits per heavy atom. The summed E-state index contributed by atoms with van der Waals surface area (Å²) in [6.45, 7) is 3.99. The maximum absolute atomic E-state index is 10.6. The Morgan fingerprint density at radius 1 is 1.47 bits per heavy atom. The van der Waals surface area contributed by atoms with Crippen molar-refractivity contribution in [2.24, 2.45) is 0 Å². The highest BCUT2D eigenvalue weighted by molar-refractivity contribution is 5.32. The summed E-state index contributed by atoms with van der Waals surface area (Å²) >= 11 is 0. The van der Waals surface area contributed by atoms with Crippen molar-refractivity contribution in [2.75, 3.05) is 13.7 Å². The standard InChI is InChI=1S/C14H20N2O3/c1-11(19-2)14-4-3-9-15(14)10-12-5-7-13(8-6-12)16(17)18/h5-8,11,14H,3-4,9-10H2,1-2H3/t11-,14+/m0/s1. The van der Waals surface area contributed by atoms with Crippen LogP contribution in [-0.2, 0) is 11.3 Å². The van der Waals surface area contributed by atoms with E-state index in [0.29, 0.717) is 6.04 Å². The van der Waals surface area contributed by atoms with Gasteiger partial charge in [0, 0.05) is 31.8 Å². The maximum Gasteiger partial charge on any atom is 0.269 e. The van der Waals surface area contributed by atoms with Gasteiger partial charge in [0.1, 0.15) is 0 Å². The summed E-state index contributed by atoms with van der Waals surface area (Å²) < 4.78 is 5.42. The third-order valence-corrected chi connectivity index (χ3v) is 3.86. The number of hydrogen-bond acceptors (Lipinski definition) is 4. The SMILES string of the molecule is CO[C@@H](C)[C@H]1CCCN1Cc1ccc([N+](=O)[O-])cc1. The lowest BCUT2D eigenvalue weighted by atomic mass is 10.1. The normalized spacial score (nSPS) is 21.5. The van der Waals surface area contributed by atoms with E-state index in [2.05, 4.69) is 11.8 Å². The molecule has 1 aliphatic rings. The average molecular weight is 264 g/mol. The quantitative estimate of drug-likeness (QED) is 0.606. The number of nitro groups is 1. The molecule has 1 aliphatic heterocycles. The van der Waals surface area contributed by atoms with Crippen LogP contribution >= 0.6 is 0 Å². The fraction of sp³-hybridized carbons (Fsp3) is 0.571. The molecule has 1 aromatic rings. The Balaban J connectivity index is 2.02. The number of rotatable bonds is 5. The van der Waals surface area contributed by atoms with Crippen LogP contribution in [0.5, 0.6) is 0 Å². The second-order valence-corrected chi connectivity index (χ2v) is 5.04. The van der Waals surface area contributed by atoms with E-state index >= 15 is 0 Å². The zero-order valence-electron chi connectivity index (χ0n) is 11.4. The topological polar surface area (TPSA) is 55.6 Å². The molecule has 0 N–H and O–H groups in total. The van der Waals surface area contributed by atoms with Gasteiger partial charge in [-0.3, -0.25) is 15.0 Å². The molecule has 0 saturated carbocycles. The average Bonchev–Trinajstić information content (AvgIpc) is 2.86. The van der Waals surface area contributed by atoms with Gasteiger partial charge in [-0.25, -0.2) is 0 Å². The number of methoxy groups -OCH3 is 1. The first-order valence-electron chi connectivity index (χ1n) is 6.62. The number of non-ortho nitro benzene ring substituents is 1. The predicted octanol–water partition coefficient (Wildman–Crippen LogP) is 2.59. The van der Waals surface area contributed by atoms with Gasteiger partial charge in [0.05, 0.1) is 11.0 Å². The van der Waals surface area contributed by atoms with Crippen molar-refractivity contribution in [2.45, 2.75) is 38.5 Å². The Kier molecular flexibility index (Phi) is 4.50. The lowest BCUT2D eigenvalue weighted by Crippen LogP contribution is -2.37. The molecule has 0 aliphatic carbocycles. The predicted molar refractivity (Wildman–Crippen MR) is 73.0 cm³/mol. The van der Waals surface area contributed by atoms with Crippen molar-refractivity contribution in [3.63, 3.8) is 0 Å². The smallest absolute Gasteiger partial charge is 0.269 e. The van der Waals surface area contributed by atoms with Crippen LogP contribution < -0.4 is 0 Å². The molecule has 0 radical (unpaired) electrons. The van der Waals surface area contributed by atoms with Gasteiger partial charge in [-0.05, 0) is 31.9 Å². The highest BCUT2D eigenvalue weighted by atomic mass is 16.6. The van der Waals surface area contributed by atoms with E-state index < -0.39 is 0 Å². The fourth-order valence-corrected chi connectivity index (χ4v) is 2.69. The molecule has 0 amide bonds. The van der Waals surface area contributed by atoms with E-state index in [1.165, 1.54) is 6.42 Å². The molecule has 0 bridgehead atoms. The first kappa shape index (κ1) is 14.0. The summed E-state index contributed by atoms with van der Waals surface area (Å²) in [5, 5.41) is 10.6. The highest BCUT2D eigenvalue weighted by Crippen LogP contribution is 2.24. The van der Waals surface area contributed by atoms with Crippen molar-refractivity contribution in [3.8, 4) is 0 Å². The summed E-state index contributed by atoms with van der Waals surface area (Å²) in [6.07, 6.45) is 2.56. The number of nitrogens with zero attached hydrogens (tertiary/aromatic N) is 2. The minimum absolute atomic E-state index is 0.145. The third-order valence-electron chi connectivity index (χ3n) is 3.86. The molecule has 1 saturated heterocycles. The van der Waals surface area contributed by atoms with Gasteiger partial charge in [0.2, 0.25) is 0 Å². The third kappa shape index (κ3) is 3.30. The van der Waals surface area contributed by atoms with Gasteiger partial charge >= 0.3 is 0 Å². The molecule has 5 nitrogen and oxygen atoms in total. The number of nitro benzene ring substituents is 1. The zero-order valence-corrected chi connectivity index (χ0v) is 11.4. The molecule has 19 heavy (non-hydrogen) atoms. The monoisotopic (exact) mass is 264 g/mol. The van der Waals surface area contributed by atoms with Crippen molar-refractivity contribution in [1.82, 2.24) is 4.90 Å². The Morgan fingerprint density at radius 2 is 2.16 bits per heavy atom. The molecular formula is C14H20N2O3. The molecule has 0 spiro atoms. The maximum atomic E-state index is 10.6. The Hall–Kier alpha value is -1.46. The van der Waals surface area contributed by atoms with Crippen LogP contribution in [0, 0.1) is 10.1 Å². The molecule has 0 aromatic heterocycles. The first-order chi connectivity index (χ1) is 9.11. The van der Waals surface area contributed by atoms with Crippen LogP contribution in [0.15, 0.2) is 24.3 Å². The van der Waals surface area contributed by atoms with Gasteiger partial charge in [-0.1, -0.05) is 12.1 Å². The molecule has 1 aromatic carbocycles. The van der Waals surface area contributed by atoms with Crippen LogP contribution in [0.25, 0.3) is 0 Å². The Bertz CT molecular complexity index is 433. The van der Waals surface area contributed by atoms with Gasteiger partial charge in [-0.2, -0.15) is 0 Å². The minimum atomic E-state index is -0.366. The highest BCUT2D eigenvalue weighted by Gasteiger charge is 2.29. The van der Waals surface area contributed by atoms with E-state index in [9.17, 15) is 10.1 Å². The van der Waals surface area contributed by atoms with Crippen molar-refractivity contribution < 1.29 is 9.66 Å². The second kappa shape index (κ2) is 6.12. The largest absolute Gasteiger partial charge is 0.380 e. The van der Waals surface area contributed by atoms with Crippen molar-refractivity contribution in [3.05, 3.63) is 39.9 Å². The van der Waals surface area contributed by atoms with Gasteiger partial charge in [0.25, 0.3) is 5.69 Å². The molecule has 5 heteroatoms. The second-order valence-electron chi connectivity index (χ2n) is 5.04. The van der Waals surface area contributed by atoms with E-state index in [0.717, 1.165) is 25.1 Å². The van der Waals surface area contributed by atoms with Crippen LogP contribution in [-0.4, -0.2) is 35.6 Å². The van der Waals surface area contributed by atoms with E-state index in [4.69, 9.17) is 4.74 Å². The van der Waals surface area contributed by atoms with E-state index in [1.807, 2.05) is 12.1 Å². The summed E-state index contributed by atoms with van der Waals surface area (Å²) in [5.74, 6) is 0. The summed E-state index contributed by atoms with van der Waals surface area (Å²) in [7, 11) is 1.74. The first-order valence-corrected chi connectivity index (χ1v) is 6.62. The van der Waals surface area contributed by atoms with Crippen LogP contribution in [0.1, 0.15) is 25.3 Å². The number of likely N-dealkylation sites (tertiary alicyclic amines) is 1. The Labute approximate surface area is 113 Å². The zero-order chi connectivity index (χ0) is 13.8. The summed E-state index contributed by atoms with van der Waals surface area (Å²) in [5.41, 5.74) is 1.26. The van der Waals surface area contributed by atoms with Gasteiger partial charge in [0.15, 0.2) is 0 Å². The van der Waals surface area contributed by atoms with Gasteiger partial charge in [-0.15, -0.1) is 0 Å². The summed E-state index contributed by atoms with van der Waals surface area (Å²) in [4.78, 5) is 12.6. The van der Waals surface area contributed by atoms with Crippen molar-refractivity contribution in [1.29, 1.82) is 0 Å². The number of benzene rings is 1.